The Bertz CT molecular complexity index is 886. The molecule has 2 N–H and O–H groups in total. The van der Waals surface area contributed by atoms with E-state index in [0.29, 0.717) is 17.7 Å². The van der Waals surface area contributed by atoms with Crippen molar-refractivity contribution >= 4 is 29.3 Å². The largest absolute Gasteiger partial charge is 0.343 e. The molecule has 1 saturated heterocycles. The number of amides is 2. The number of fused-ring (bicyclic) bond motifs is 1. The second-order valence-electron chi connectivity index (χ2n) is 7.00. The van der Waals surface area contributed by atoms with Crippen molar-refractivity contribution in [1.29, 1.82) is 0 Å². The SMILES string of the molecule is O=C(Nc1ccc2c(c1)CCC2)C1CSC(Cc2ccccc2F)C(=O)N1. The first-order valence-corrected chi connectivity index (χ1v) is 10.2. The molecule has 1 aliphatic carbocycles. The molecule has 0 saturated carbocycles. The molecule has 0 radical (unpaired) electrons. The minimum absolute atomic E-state index is 0.210. The Kier molecular flexibility index (Phi) is 5.16. The van der Waals surface area contributed by atoms with Gasteiger partial charge in [0.2, 0.25) is 11.8 Å². The summed E-state index contributed by atoms with van der Waals surface area (Å²) in [5, 5.41) is 5.31. The van der Waals surface area contributed by atoms with Crippen molar-refractivity contribution in [3.8, 4) is 0 Å². The maximum Gasteiger partial charge on any atom is 0.247 e. The fourth-order valence-electron chi connectivity index (χ4n) is 3.63. The highest BCUT2D eigenvalue weighted by atomic mass is 32.2. The number of carbonyl (C=O) groups excluding carboxylic acids is 2. The monoisotopic (exact) mass is 384 g/mol. The smallest absolute Gasteiger partial charge is 0.247 e. The van der Waals surface area contributed by atoms with E-state index in [1.54, 1.807) is 18.2 Å². The van der Waals surface area contributed by atoms with Crippen LogP contribution in [-0.2, 0) is 28.9 Å². The van der Waals surface area contributed by atoms with E-state index in [2.05, 4.69) is 16.7 Å². The molecule has 2 atom stereocenters. The van der Waals surface area contributed by atoms with E-state index >= 15 is 0 Å². The number of rotatable bonds is 4. The first kappa shape index (κ1) is 18.0. The Hall–Kier alpha value is -2.34. The van der Waals surface area contributed by atoms with Gasteiger partial charge in [-0.05, 0) is 60.6 Å². The van der Waals surface area contributed by atoms with Crippen molar-refractivity contribution in [3.63, 3.8) is 0 Å². The van der Waals surface area contributed by atoms with Crippen molar-refractivity contribution in [2.45, 2.75) is 37.0 Å². The lowest BCUT2D eigenvalue weighted by Crippen LogP contribution is -2.52. The molecule has 140 valence electrons. The van der Waals surface area contributed by atoms with Crippen molar-refractivity contribution in [2.24, 2.45) is 0 Å². The van der Waals surface area contributed by atoms with Crippen LogP contribution in [-0.4, -0.2) is 28.9 Å². The number of hydrogen-bond donors (Lipinski definition) is 2. The van der Waals surface area contributed by atoms with Crippen LogP contribution in [0.25, 0.3) is 0 Å². The molecule has 0 aromatic heterocycles. The molecule has 2 amide bonds. The molecule has 0 spiro atoms. The van der Waals surface area contributed by atoms with E-state index in [0.717, 1.165) is 24.9 Å². The highest BCUT2D eigenvalue weighted by molar-refractivity contribution is 8.00. The number of hydrogen-bond acceptors (Lipinski definition) is 3. The number of aryl methyl sites for hydroxylation is 2. The molecule has 6 heteroatoms. The Morgan fingerprint density at radius 1 is 1.19 bits per heavy atom. The third kappa shape index (κ3) is 4.00. The summed E-state index contributed by atoms with van der Waals surface area (Å²) >= 11 is 1.40. The number of anilines is 1. The van der Waals surface area contributed by atoms with Gasteiger partial charge in [-0.25, -0.2) is 4.39 Å². The van der Waals surface area contributed by atoms with Gasteiger partial charge >= 0.3 is 0 Å². The van der Waals surface area contributed by atoms with Gasteiger partial charge in [-0.2, -0.15) is 0 Å². The zero-order valence-corrected chi connectivity index (χ0v) is 15.7. The topological polar surface area (TPSA) is 58.2 Å². The highest BCUT2D eigenvalue weighted by Gasteiger charge is 2.32. The van der Waals surface area contributed by atoms with E-state index in [1.165, 1.54) is 29.0 Å². The van der Waals surface area contributed by atoms with Gasteiger partial charge in [-0.1, -0.05) is 24.3 Å². The van der Waals surface area contributed by atoms with Crippen LogP contribution >= 0.6 is 11.8 Å². The van der Waals surface area contributed by atoms with Crippen LogP contribution in [0.3, 0.4) is 0 Å². The maximum atomic E-state index is 13.8. The maximum absolute atomic E-state index is 13.8. The summed E-state index contributed by atoms with van der Waals surface area (Å²) in [4.78, 5) is 24.9. The molecule has 1 aliphatic heterocycles. The lowest BCUT2D eigenvalue weighted by Gasteiger charge is -2.28. The minimum Gasteiger partial charge on any atom is -0.343 e. The zero-order valence-electron chi connectivity index (χ0n) is 14.8. The third-order valence-electron chi connectivity index (χ3n) is 5.12. The molecule has 2 aromatic carbocycles. The van der Waals surface area contributed by atoms with Crippen LogP contribution in [0.5, 0.6) is 0 Å². The van der Waals surface area contributed by atoms with Gasteiger partial charge < -0.3 is 10.6 Å². The van der Waals surface area contributed by atoms with Gasteiger partial charge in [-0.3, -0.25) is 9.59 Å². The standard InChI is InChI=1S/C21H21FN2O2S/c22-17-7-2-1-4-15(17)11-19-21(26)24-18(12-27-19)20(25)23-16-9-8-13-5-3-6-14(13)10-16/h1-2,4,7-10,18-19H,3,5-6,11-12H2,(H,23,25)(H,24,26). The molecule has 0 bridgehead atoms. The number of nitrogens with one attached hydrogen (secondary N) is 2. The van der Waals surface area contributed by atoms with Crippen molar-refractivity contribution in [3.05, 3.63) is 65.0 Å². The molecular formula is C21H21FN2O2S. The molecule has 4 nitrogen and oxygen atoms in total. The average molecular weight is 384 g/mol. The van der Waals surface area contributed by atoms with Crippen molar-refractivity contribution in [2.75, 3.05) is 11.1 Å². The first-order valence-electron chi connectivity index (χ1n) is 9.18. The number of carbonyl (C=O) groups is 2. The van der Waals surface area contributed by atoms with Crippen molar-refractivity contribution < 1.29 is 14.0 Å². The minimum atomic E-state index is -0.576. The summed E-state index contributed by atoms with van der Waals surface area (Å²) in [6.07, 6.45) is 3.63. The van der Waals surface area contributed by atoms with Gasteiger partial charge in [0.15, 0.2) is 0 Å². The van der Waals surface area contributed by atoms with Gasteiger partial charge in [-0.15, -0.1) is 11.8 Å². The molecule has 2 unspecified atom stereocenters. The Balaban J connectivity index is 1.35. The summed E-state index contributed by atoms with van der Waals surface area (Å²) in [5.41, 5.74) is 3.94. The molecule has 1 fully saturated rings. The Morgan fingerprint density at radius 2 is 2.00 bits per heavy atom. The number of benzene rings is 2. The molecule has 1 heterocycles. The predicted octanol–water partition coefficient (Wildman–Crippen LogP) is 3.10. The molecule has 2 aromatic rings. The number of thioether (sulfide) groups is 1. The molecule has 4 rings (SSSR count). The lowest BCUT2D eigenvalue weighted by atomic mass is 10.1. The van der Waals surface area contributed by atoms with E-state index in [4.69, 9.17) is 0 Å². The van der Waals surface area contributed by atoms with Crippen LogP contribution in [0, 0.1) is 5.82 Å². The second-order valence-corrected chi connectivity index (χ2v) is 8.24. The molecule has 27 heavy (non-hydrogen) atoms. The fraction of sp³-hybridized carbons (Fsp3) is 0.333. The lowest BCUT2D eigenvalue weighted by molar-refractivity contribution is -0.126. The Labute approximate surface area is 161 Å². The van der Waals surface area contributed by atoms with Gasteiger partial charge in [0, 0.05) is 11.4 Å². The van der Waals surface area contributed by atoms with Crippen LogP contribution in [0.4, 0.5) is 10.1 Å². The van der Waals surface area contributed by atoms with Crippen LogP contribution in [0.2, 0.25) is 0 Å². The number of halogens is 1. The summed E-state index contributed by atoms with van der Waals surface area (Å²) in [6.45, 7) is 0. The van der Waals surface area contributed by atoms with Crippen LogP contribution in [0.1, 0.15) is 23.1 Å². The summed E-state index contributed by atoms with van der Waals surface area (Å²) < 4.78 is 13.8. The summed E-state index contributed by atoms with van der Waals surface area (Å²) in [5.74, 6) is -0.258. The normalized spacial score (nSPS) is 21.4. The van der Waals surface area contributed by atoms with Gasteiger partial charge in [0.25, 0.3) is 0 Å². The van der Waals surface area contributed by atoms with E-state index in [1.807, 2.05) is 12.1 Å². The zero-order chi connectivity index (χ0) is 18.8. The molecule has 2 aliphatic rings. The predicted molar refractivity (Wildman–Crippen MR) is 105 cm³/mol. The fourth-order valence-corrected chi connectivity index (χ4v) is 4.81. The van der Waals surface area contributed by atoms with E-state index < -0.39 is 6.04 Å². The van der Waals surface area contributed by atoms with Crippen LogP contribution < -0.4 is 10.6 Å². The Morgan fingerprint density at radius 3 is 2.81 bits per heavy atom. The van der Waals surface area contributed by atoms with Crippen molar-refractivity contribution in [1.82, 2.24) is 5.32 Å². The highest BCUT2D eigenvalue weighted by Crippen LogP contribution is 2.26. The van der Waals surface area contributed by atoms with Crippen LogP contribution in [0.15, 0.2) is 42.5 Å². The quantitative estimate of drug-likeness (QED) is 0.852. The third-order valence-corrected chi connectivity index (χ3v) is 6.43. The van der Waals surface area contributed by atoms with Gasteiger partial charge in [0.1, 0.15) is 11.9 Å². The van der Waals surface area contributed by atoms with E-state index in [9.17, 15) is 14.0 Å². The molecular weight excluding hydrogens is 363 g/mol. The second kappa shape index (κ2) is 7.72. The summed E-state index contributed by atoms with van der Waals surface area (Å²) in [6, 6.07) is 11.9. The van der Waals surface area contributed by atoms with E-state index in [-0.39, 0.29) is 22.9 Å². The van der Waals surface area contributed by atoms with Gasteiger partial charge in [0.05, 0.1) is 5.25 Å². The summed E-state index contributed by atoms with van der Waals surface area (Å²) in [7, 11) is 0. The average Bonchev–Trinajstić information content (AvgIpc) is 3.13. The first-order chi connectivity index (χ1) is 13.1.